The van der Waals surface area contributed by atoms with Crippen LogP contribution in [-0.4, -0.2) is 66.2 Å². The van der Waals surface area contributed by atoms with Gasteiger partial charge in [-0.05, 0) is 41.0 Å². The Bertz CT molecular complexity index is 328. The Balaban J connectivity index is 2.54. The number of aliphatic hydroxyl groups is 1. The summed E-state index contributed by atoms with van der Waals surface area (Å²) in [5.41, 5.74) is -0.490. The minimum absolute atomic E-state index is 0.00472. The zero-order valence-corrected chi connectivity index (χ0v) is 13.9. The van der Waals surface area contributed by atoms with E-state index in [-0.39, 0.29) is 24.3 Å². The maximum atomic E-state index is 12.3. The van der Waals surface area contributed by atoms with Crippen LogP contribution in [0.4, 0.5) is 4.79 Å². The van der Waals surface area contributed by atoms with Gasteiger partial charge in [-0.2, -0.15) is 0 Å². The standard InChI is InChI=1S/C15H30N2O4/c1-11(16-9-12(2)18)8-13-10-20-7-6-17(13)14(19)21-15(3,4)5/h11-13,16,18H,6-10H2,1-5H3. The van der Waals surface area contributed by atoms with Gasteiger partial charge in [0.05, 0.1) is 25.4 Å². The SMILES string of the molecule is CC(O)CNC(C)CC1COCCN1C(=O)OC(C)(C)C. The molecule has 0 aromatic rings. The van der Waals surface area contributed by atoms with Crippen LogP contribution in [0.5, 0.6) is 0 Å². The Kier molecular flexibility index (Phi) is 6.90. The second-order valence-electron chi connectivity index (χ2n) is 6.80. The Hall–Kier alpha value is -0.850. The monoisotopic (exact) mass is 302 g/mol. The van der Waals surface area contributed by atoms with Gasteiger partial charge >= 0.3 is 6.09 Å². The highest BCUT2D eigenvalue weighted by molar-refractivity contribution is 5.68. The third kappa shape index (κ3) is 7.11. The number of carbonyl (C=O) groups excluding carboxylic acids is 1. The fraction of sp³-hybridized carbons (Fsp3) is 0.933. The fourth-order valence-electron chi connectivity index (χ4n) is 2.27. The van der Waals surface area contributed by atoms with Crippen molar-refractivity contribution in [1.29, 1.82) is 0 Å². The first-order valence-corrected chi connectivity index (χ1v) is 7.68. The lowest BCUT2D eigenvalue weighted by molar-refractivity contribution is -0.0357. The minimum Gasteiger partial charge on any atom is -0.444 e. The van der Waals surface area contributed by atoms with Crippen molar-refractivity contribution in [1.82, 2.24) is 10.2 Å². The lowest BCUT2D eigenvalue weighted by atomic mass is 10.1. The Morgan fingerprint density at radius 3 is 2.71 bits per heavy atom. The van der Waals surface area contributed by atoms with Crippen LogP contribution in [0, 0.1) is 0 Å². The highest BCUT2D eigenvalue weighted by Gasteiger charge is 2.31. The van der Waals surface area contributed by atoms with Gasteiger partial charge in [0, 0.05) is 19.1 Å². The minimum atomic E-state index is -0.490. The highest BCUT2D eigenvalue weighted by Crippen LogP contribution is 2.17. The fourth-order valence-corrected chi connectivity index (χ4v) is 2.27. The number of hydrogen-bond acceptors (Lipinski definition) is 5. The number of aliphatic hydroxyl groups excluding tert-OH is 1. The van der Waals surface area contributed by atoms with Crippen molar-refractivity contribution >= 4 is 6.09 Å². The normalized spacial score (nSPS) is 22.8. The van der Waals surface area contributed by atoms with Crippen molar-refractivity contribution in [3.8, 4) is 0 Å². The molecular formula is C15H30N2O4. The zero-order valence-electron chi connectivity index (χ0n) is 13.9. The Morgan fingerprint density at radius 2 is 2.14 bits per heavy atom. The number of hydrogen-bond donors (Lipinski definition) is 2. The van der Waals surface area contributed by atoms with E-state index in [0.29, 0.717) is 26.3 Å². The second-order valence-corrected chi connectivity index (χ2v) is 6.80. The molecule has 0 spiro atoms. The molecule has 124 valence electrons. The number of rotatable bonds is 5. The number of carbonyl (C=O) groups is 1. The molecule has 0 aromatic carbocycles. The van der Waals surface area contributed by atoms with Crippen molar-refractivity contribution in [2.75, 3.05) is 26.3 Å². The summed E-state index contributed by atoms with van der Waals surface area (Å²) >= 11 is 0. The van der Waals surface area contributed by atoms with E-state index in [1.807, 2.05) is 27.7 Å². The number of ether oxygens (including phenoxy) is 2. The van der Waals surface area contributed by atoms with Crippen LogP contribution in [0.15, 0.2) is 0 Å². The molecule has 6 heteroatoms. The molecule has 2 N–H and O–H groups in total. The predicted octanol–water partition coefficient (Wildman–Crippen LogP) is 1.37. The molecule has 0 aromatic heterocycles. The molecule has 1 rings (SSSR count). The molecule has 0 bridgehead atoms. The van der Waals surface area contributed by atoms with Crippen LogP contribution in [0.2, 0.25) is 0 Å². The van der Waals surface area contributed by atoms with Crippen molar-refractivity contribution in [3.63, 3.8) is 0 Å². The molecule has 3 unspecified atom stereocenters. The number of amides is 1. The summed E-state index contributed by atoms with van der Waals surface area (Å²) in [5.74, 6) is 0. The molecule has 1 heterocycles. The van der Waals surface area contributed by atoms with Gasteiger partial charge in [0.1, 0.15) is 5.60 Å². The topological polar surface area (TPSA) is 71.0 Å². The molecule has 1 aliphatic heterocycles. The van der Waals surface area contributed by atoms with Crippen molar-refractivity contribution in [3.05, 3.63) is 0 Å². The Morgan fingerprint density at radius 1 is 1.48 bits per heavy atom. The molecule has 21 heavy (non-hydrogen) atoms. The molecule has 3 atom stereocenters. The quantitative estimate of drug-likeness (QED) is 0.802. The lowest BCUT2D eigenvalue weighted by Gasteiger charge is -2.37. The van der Waals surface area contributed by atoms with E-state index in [1.54, 1.807) is 11.8 Å². The van der Waals surface area contributed by atoms with Gasteiger partial charge in [0.2, 0.25) is 0 Å². The number of nitrogens with zero attached hydrogens (tertiary/aromatic N) is 1. The van der Waals surface area contributed by atoms with Gasteiger partial charge in [0.25, 0.3) is 0 Å². The largest absolute Gasteiger partial charge is 0.444 e. The maximum absolute atomic E-state index is 12.3. The third-order valence-electron chi connectivity index (χ3n) is 3.24. The summed E-state index contributed by atoms with van der Waals surface area (Å²) in [6, 6.07) is 0.196. The predicted molar refractivity (Wildman–Crippen MR) is 81.3 cm³/mol. The summed E-state index contributed by atoms with van der Waals surface area (Å²) in [6.07, 6.45) is 0.113. The second kappa shape index (κ2) is 7.96. The summed E-state index contributed by atoms with van der Waals surface area (Å²) in [7, 11) is 0. The average Bonchev–Trinajstić information content (AvgIpc) is 2.35. The van der Waals surface area contributed by atoms with Gasteiger partial charge in [-0.3, -0.25) is 0 Å². The van der Waals surface area contributed by atoms with E-state index in [0.717, 1.165) is 6.42 Å². The van der Waals surface area contributed by atoms with Crippen molar-refractivity contribution in [2.45, 2.75) is 64.8 Å². The maximum Gasteiger partial charge on any atom is 0.410 e. The molecule has 0 radical (unpaired) electrons. The van der Waals surface area contributed by atoms with Crippen LogP contribution in [-0.2, 0) is 9.47 Å². The summed E-state index contributed by atoms with van der Waals surface area (Å²) in [4.78, 5) is 14.0. The van der Waals surface area contributed by atoms with Gasteiger partial charge < -0.3 is 24.8 Å². The molecular weight excluding hydrogens is 272 g/mol. The van der Waals surface area contributed by atoms with E-state index in [4.69, 9.17) is 9.47 Å². The van der Waals surface area contributed by atoms with E-state index >= 15 is 0 Å². The van der Waals surface area contributed by atoms with Crippen LogP contribution < -0.4 is 5.32 Å². The molecule has 0 aliphatic carbocycles. The average molecular weight is 302 g/mol. The van der Waals surface area contributed by atoms with Crippen LogP contribution in [0.1, 0.15) is 41.0 Å². The molecule has 0 saturated carbocycles. The highest BCUT2D eigenvalue weighted by atomic mass is 16.6. The molecule has 1 aliphatic rings. The first-order chi connectivity index (χ1) is 9.69. The molecule has 1 saturated heterocycles. The Labute approximate surface area is 127 Å². The van der Waals surface area contributed by atoms with E-state index in [2.05, 4.69) is 5.32 Å². The first-order valence-electron chi connectivity index (χ1n) is 7.68. The first kappa shape index (κ1) is 18.2. The van der Waals surface area contributed by atoms with Gasteiger partial charge in [0.15, 0.2) is 0 Å². The van der Waals surface area contributed by atoms with E-state index < -0.39 is 5.60 Å². The summed E-state index contributed by atoms with van der Waals surface area (Å²) < 4.78 is 11.0. The van der Waals surface area contributed by atoms with Crippen LogP contribution in [0.25, 0.3) is 0 Å². The van der Waals surface area contributed by atoms with Gasteiger partial charge in [-0.25, -0.2) is 4.79 Å². The number of morpholine rings is 1. The zero-order chi connectivity index (χ0) is 16.0. The van der Waals surface area contributed by atoms with Crippen LogP contribution >= 0.6 is 0 Å². The smallest absolute Gasteiger partial charge is 0.410 e. The lowest BCUT2D eigenvalue weighted by Crippen LogP contribution is -2.52. The molecule has 1 fully saturated rings. The van der Waals surface area contributed by atoms with Crippen molar-refractivity contribution in [2.24, 2.45) is 0 Å². The third-order valence-corrected chi connectivity index (χ3v) is 3.24. The molecule has 1 amide bonds. The van der Waals surface area contributed by atoms with Crippen LogP contribution in [0.3, 0.4) is 0 Å². The van der Waals surface area contributed by atoms with E-state index in [1.165, 1.54) is 0 Å². The summed E-state index contributed by atoms with van der Waals surface area (Å²) in [6.45, 7) is 11.6. The van der Waals surface area contributed by atoms with E-state index in [9.17, 15) is 9.90 Å². The summed E-state index contributed by atoms with van der Waals surface area (Å²) in [5, 5.41) is 12.6. The van der Waals surface area contributed by atoms with Gasteiger partial charge in [-0.1, -0.05) is 0 Å². The van der Waals surface area contributed by atoms with Gasteiger partial charge in [-0.15, -0.1) is 0 Å². The molecule has 6 nitrogen and oxygen atoms in total. The number of nitrogens with one attached hydrogen (secondary N) is 1. The van der Waals surface area contributed by atoms with Crippen molar-refractivity contribution < 1.29 is 19.4 Å².